The first kappa shape index (κ1) is 18.3. The van der Waals surface area contributed by atoms with Gasteiger partial charge in [-0.15, -0.1) is 0 Å². The average molecular weight is 380 g/mol. The molecule has 1 unspecified atom stereocenters. The summed E-state index contributed by atoms with van der Waals surface area (Å²) in [5.41, 5.74) is 1.43. The number of carbonyl (C=O) groups excluding carboxylic acids is 2. The van der Waals surface area contributed by atoms with Crippen LogP contribution in [0.25, 0.3) is 0 Å². The predicted molar refractivity (Wildman–Crippen MR) is 108 cm³/mol. The van der Waals surface area contributed by atoms with E-state index >= 15 is 0 Å². The molecule has 1 aromatic heterocycles. The van der Waals surface area contributed by atoms with Crippen LogP contribution in [-0.4, -0.2) is 43.5 Å². The van der Waals surface area contributed by atoms with Crippen molar-refractivity contribution in [3.63, 3.8) is 0 Å². The van der Waals surface area contributed by atoms with Gasteiger partial charge in [0.05, 0.1) is 24.9 Å². The summed E-state index contributed by atoms with van der Waals surface area (Å²) in [7, 11) is 1.60. The van der Waals surface area contributed by atoms with Crippen molar-refractivity contribution in [1.29, 1.82) is 0 Å². The Balaban J connectivity index is 1.37. The maximum atomic E-state index is 12.6. The molecule has 1 atom stereocenters. The van der Waals surface area contributed by atoms with Gasteiger partial charge < -0.3 is 19.9 Å². The third-order valence-electron chi connectivity index (χ3n) is 5.33. The molecule has 1 N–H and O–H groups in total. The molecule has 7 heteroatoms. The molecule has 2 aliphatic heterocycles. The lowest BCUT2D eigenvalue weighted by molar-refractivity contribution is -0.122. The van der Waals surface area contributed by atoms with E-state index in [-0.39, 0.29) is 24.2 Å². The Morgan fingerprint density at radius 3 is 2.54 bits per heavy atom. The summed E-state index contributed by atoms with van der Waals surface area (Å²) in [4.78, 5) is 33.4. The third-order valence-corrected chi connectivity index (χ3v) is 5.33. The van der Waals surface area contributed by atoms with Gasteiger partial charge >= 0.3 is 0 Å². The fraction of sp³-hybridized carbons (Fsp3) is 0.381. The van der Waals surface area contributed by atoms with Crippen LogP contribution in [0.5, 0.6) is 5.75 Å². The number of nitrogens with one attached hydrogen (secondary N) is 1. The highest BCUT2D eigenvalue weighted by molar-refractivity contribution is 6.03. The van der Waals surface area contributed by atoms with E-state index in [1.54, 1.807) is 18.2 Å². The summed E-state index contributed by atoms with van der Waals surface area (Å²) >= 11 is 0. The number of methoxy groups -OCH3 is 1. The molecule has 0 bridgehead atoms. The minimum Gasteiger partial charge on any atom is -0.497 e. The standard InChI is InChI=1S/C21H24N4O3/c1-28-18-7-5-17(6-8-18)25-14-15(12-20(25)26)21(27)23-16-4-9-19(22-13-16)24-10-2-3-11-24/h4-9,13,15H,2-3,10-12,14H2,1H3,(H,23,27). The van der Waals surface area contributed by atoms with Crippen LogP contribution in [0, 0.1) is 5.92 Å². The fourth-order valence-corrected chi connectivity index (χ4v) is 3.73. The van der Waals surface area contributed by atoms with Gasteiger partial charge in [0, 0.05) is 31.7 Å². The molecule has 2 aromatic rings. The molecule has 0 aliphatic carbocycles. The van der Waals surface area contributed by atoms with Crippen molar-refractivity contribution in [3.8, 4) is 5.75 Å². The summed E-state index contributed by atoms with van der Waals surface area (Å²) in [6.07, 6.45) is 4.28. The summed E-state index contributed by atoms with van der Waals surface area (Å²) in [5.74, 6) is 1.09. The lowest BCUT2D eigenvalue weighted by Crippen LogP contribution is -2.28. The van der Waals surface area contributed by atoms with Crippen LogP contribution in [0.1, 0.15) is 19.3 Å². The van der Waals surface area contributed by atoms with Crippen LogP contribution >= 0.6 is 0 Å². The summed E-state index contributed by atoms with van der Waals surface area (Å²) in [6, 6.07) is 11.1. The first-order chi connectivity index (χ1) is 13.6. The first-order valence-electron chi connectivity index (χ1n) is 9.60. The van der Waals surface area contributed by atoms with Crippen LogP contribution in [0.4, 0.5) is 17.2 Å². The molecule has 28 heavy (non-hydrogen) atoms. The molecular weight excluding hydrogens is 356 g/mol. The summed E-state index contributed by atoms with van der Waals surface area (Å²) in [6.45, 7) is 2.43. The largest absolute Gasteiger partial charge is 0.497 e. The Labute approximate surface area is 164 Å². The molecule has 146 valence electrons. The average Bonchev–Trinajstić information content (AvgIpc) is 3.39. The van der Waals surface area contributed by atoms with Crippen molar-refractivity contribution in [2.24, 2.45) is 5.92 Å². The van der Waals surface area contributed by atoms with Crippen molar-refractivity contribution in [1.82, 2.24) is 4.98 Å². The lowest BCUT2D eigenvalue weighted by atomic mass is 10.1. The number of ether oxygens (including phenoxy) is 1. The van der Waals surface area contributed by atoms with E-state index < -0.39 is 0 Å². The second-order valence-corrected chi connectivity index (χ2v) is 7.19. The molecule has 0 radical (unpaired) electrons. The van der Waals surface area contributed by atoms with Gasteiger partial charge in [-0.1, -0.05) is 0 Å². The summed E-state index contributed by atoms with van der Waals surface area (Å²) < 4.78 is 5.15. The number of hydrogen-bond acceptors (Lipinski definition) is 5. The molecule has 1 aromatic carbocycles. The predicted octanol–water partition coefficient (Wildman–Crippen LogP) is 2.68. The Kier molecular flexibility index (Phi) is 5.14. The highest BCUT2D eigenvalue weighted by atomic mass is 16.5. The van der Waals surface area contributed by atoms with E-state index in [1.165, 1.54) is 12.8 Å². The Hall–Kier alpha value is -3.09. The molecule has 2 fully saturated rings. The minimum absolute atomic E-state index is 0.0483. The molecule has 0 saturated carbocycles. The molecule has 2 aliphatic rings. The minimum atomic E-state index is -0.382. The van der Waals surface area contributed by atoms with Gasteiger partial charge in [0.1, 0.15) is 11.6 Å². The van der Waals surface area contributed by atoms with E-state index in [4.69, 9.17) is 4.74 Å². The zero-order valence-corrected chi connectivity index (χ0v) is 15.9. The van der Waals surface area contributed by atoms with Crippen LogP contribution in [0.2, 0.25) is 0 Å². The Bertz CT molecular complexity index is 845. The van der Waals surface area contributed by atoms with E-state index in [2.05, 4.69) is 15.2 Å². The van der Waals surface area contributed by atoms with Crippen molar-refractivity contribution >= 4 is 29.0 Å². The molecule has 0 spiro atoms. The van der Waals surface area contributed by atoms with Crippen LogP contribution in [0.15, 0.2) is 42.6 Å². The van der Waals surface area contributed by atoms with E-state index in [0.29, 0.717) is 12.2 Å². The number of rotatable bonds is 5. The smallest absolute Gasteiger partial charge is 0.229 e. The van der Waals surface area contributed by atoms with Gasteiger partial charge in [-0.2, -0.15) is 0 Å². The highest BCUT2D eigenvalue weighted by Crippen LogP contribution is 2.28. The second-order valence-electron chi connectivity index (χ2n) is 7.19. The first-order valence-corrected chi connectivity index (χ1v) is 9.60. The normalized spacial score (nSPS) is 19.2. The Morgan fingerprint density at radius 1 is 1.14 bits per heavy atom. The van der Waals surface area contributed by atoms with Crippen LogP contribution < -0.4 is 19.9 Å². The maximum Gasteiger partial charge on any atom is 0.229 e. The van der Waals surface area contributed by atoms with E-state index in [9.17, 15) is 9.59 Å². The molecule has 2 saturated heterocycles. The number of aromatic nitrogens is 1. The Morgan fingerprint density at radius 2 is 1.89 bits per heavy atom. The fourth-order valence-electron chi connectivity index (χ4n) is 3.73. The monoisotopic (exact) mass is 380 g/mol. The van der Waals surface area contributed by atoms with E-state index in [1.807, 2.05) is 36.4 Å². The third kappa shape index (κ3) is 3.78. The number of pyridine rings is 1. The SMILES string of the molecule is COc1ccc(N2CC(C(=O)Nc3ccc(N4CCCC4)nc3)CC2=O)cc1. The molecule has 7 nitrogen and oxygen atoms in total. The van der Waals surface area contributed by atoms with Crippen molar-refractivity contribution in [3.05, 3.63) is 42.6 Å². The number of benzene rings is 1. The number of amides is 2. The maximum absolute atomic E-state index is 12.6. The molecule has 4 rings (SSSR count). The number of anilines is 3. The summed E-state index contributed by atoms with van der Waals surface area (Å²) in [5, 5.41) is 2.89. The number of nitrogens with zero attached hydrogens (tertiary/aromatic N) is 3. The van der Waals surface area contributed by atoms with Gasteiger partial charge in [-0.25, -0.2) is 4.98 Å². The molecule has 2 amide bonds. The van der Waals surface area contributed by atoms with Gasteiger partial charge in [-0.3, -0.25) is 9.59 Å². The number of hydrogen-bond donors (Lipinski definition) is 1. The van der Waals surface area contributed by atoms with Crippen LogP contribution in [-0.2, 0) is 9.59 Å². The van der Waals surface area contributed by atoms with Crippen molar-refractivity contribution in [2.45, 2.75) is 19.3 Å². The van der Waals surface area contributed by atoms with Gasteiger partial charge in [-0.05, 0) is 49.2 Å². The topological polar surface area (TPSA) is 74.8 Å². The van der Waals surface area contributed by atoms with Crippen molar-refractivity contribution < 1.29 is 14.3 Å². The zero-order chi connectivity index (χ0) is 19.5. The van der Waals surface area contributed by atoms with Gasteiger partial charge in [0.15, 0.2) is 0 Å². The number of carbonyl (C=O) groups is 2. The van der Waals surface area contributed by atoms with E-state index in [0.717, 1.165) is 30.3 Å². The van der Waals surface area contributed by atoms with Crippen LogP contribution in [0.3, 0.4) is 0 Å². The molecular formula is C21H24N4O3. The molecule has 3 heterocycles. The van der Waals surface area contributed by atoms with Gasteiger partial charge in [0.2, 0.25) is 11.8 Å². The second kappa shape index (κ2) is 7.88. The lowest BCUT2D eigenvalue weighted by Gasteiger charge is -2.18. The zero-order valence-electron chi connectivity index (χ0n) is 15.9. The van der Waals surface area contributed by atoms with Gasteiger partial charge in [0.25, 0.3) is 0 Å². The quantitative estimate of drug-likeness (QED) is 0.863. The van der Waals surface area contributed by atoms with Crippen molar-refractivity contribution in [2.75, 3.05) is 41.9 Å². The highest BCUT2D eigenvalue weighted by Gasteiger charge is 2.35.